The molecule has 0 atom stereocenters. The first-order valence-corrected chi connectivity index (χ1v) is 5.02. The van der Waals surface area contributed by atoms with E-state index in [0.717, 1.165) is 16.6 Å². The highest BCUT2D eigenvalue weighted by molar-refractivity contribution is 9.10. The maximum atomic E-state index is 5.53. The fourth-order valence-corrected chi connectivity index (χ4v) is 2.00. The zero-order valence-electron chi connectivity index (χ0n) is 7.93. The summed E-state index contributed by atoms with van der Waals surface area (Å²) < 4.78 is 6.33. The summed E-state index contributed by atoms with van der Waals surface area (Å²) >= 11 is 3.50. The van der Waals surface area contributed by atoms with Crippen LogP contribution in [-0.2, 0) is 6.42 Å². The molecule has 0 unspecified atom stereocenters. The van der Waals surface area contributed by atoms with E-state index in [-0.39, 0.29) is 0 Å². The molecule has 0 saturated heterocycles. The molecule has 0 bridgehead atoms. The van der Waals surface area contributed by atoms with Gasteiger partial charge in [0.25, 0.3) is 0 Å². The number of halogens is 1. The Balaban J connectivity index is 3.13. The van der Waals surface area contributed by atoms with E-state index >= 15 is 0 Å². The van der Waals surface area contributed by atoms with Gasteiger partial charge in [-0.1, -0.05) is 15.9 Å². The molecule has 2 N–H and O–H groups in total. The second-order valence-corrected chi connectivity index (χ2v) is 3.75. The van der Waals surface area contributed by atoms with E-state index in [0.29, 0.717) is 6.54 Å². The molecule has 1 rings (SSSR count). The van der Waals surface area contributed by atoms with Crippen molar-refractivity contribution in [1.82, 2.24) is 0 Å². The topological polar surface area (TPSA) is 35.2 Å². The molecule has 0 radical (unpaired) electrons. The minimum Gasteiger partial charge on any atom is -0.496 e. The Bertz CT molecular complexity index is 299. The first-order chi connectivity index (χ1) is 6.20. The van der Waals surface area contributed by atoms with Gasteiger partial charge in [-0.2, -0.15) is 0 Å². The average Bonchev–Trinajstić information content (AvgIpc) is 2.12. The molecule has 0 aliphatic heterocycles. The highest BCUT2D eigenvalue weighted by Gasteiger charge is 2.07. The molecule has 0 saturated carbocycles. The summed E-state index contributed by atoms with van der Waals surface area (Å²) in [6, 6.07) is 3.95. The lowest BCUT2D eigenvalue weighted by Crippen LogP contribution is -2.05. The Hall–Kier alpha value is -0.540. The van der Waals surface area contributed by atoms with E-state index in [1.807, 2.05) is 12.1 Å². The molecule has 0 fully saturated rings. The molecule has 13 heavy (non-hydrogen) atoms. The van der Waals surface area contributed by atoms with Crippen molar-refractivity contribution in [3.63, 3.8) is 0 Å². The molecule has 1 aromatic rings. The van der Waals surface area contributed by atoms with Crippen LogP contribution in [0.25, 0.3) is 0 Å². The van der Waals surface area contributed by atoms with E-state index in [1.165, 1.54) is 11.1 Å². The van der Waals surface area contributed by atoms with Gasteiger partial charge in [0.2, 0.25) is 0 Å². The Morgan fingerprint density at radius 2 is 2.15 bits per heavy atom. The lowest BCUT2D eigenvalue weighted by atomic mass is 10.1. The van der Waals surface area contributed by atoms with Gasteiger partial charge in [0, 0.05) is 4.47 Å². The van der Waals surface area contributed by atoms with Crippen molar-refractivity contribution in [3.8, 4) is 5.75 Å². The van der Waals surface area contributed by atoms with Crippen LogP contribution in [0.3, 0.4) is 0 Å². The van der Waals surface area contributed by atoms with Crippen LogP contribution in [0.1, 0.15) is 11.1 Å². The smallest absolute Gasteiger partial charge is 0.122 e. The van der Waals surface area contributed by atoms with Crippen LogP contribution < -0.4 is 10.5 Å². The van der Waals surface area contributed by atoms with Crippen LogP contribution in [0.4, 0.5) is 0 Å². The number of hydrogen-bond acceptors (Lipinski definition) is 2. The largest absolute Gasteiger partial charge is 0.496 e. The number of nitrogens with two attached hydrogens (primary N) is 1. The van der Waals surface area contributed by atoms with Gasteiger partial charge in [0.1, 0.15) is 5.75 Å². The normalized spacial score (nSPS) is 10.2. The summed E-state index contributed by atoms with van der Waals surface area (Å²) in [4.78, 5) is 0. The van der Waals surface area contributed by atoms with Gasteiger partial charge in [-0.05, 0) is 43.1 Å². The third kappa shape index (κ3) is 2.23. The van der Waals surface area contributed by atoms with Gasteiger partial charge in [-0.15, -0.1) is 0 Å². The first kappa shape index (κ1) is 10.5. The lowest BCUT2D eigenvalue weighted by Gasteiger charge is -2.11. The average molecular weight is 244 g/mol. The summed E-state index contributed by atoms with van der Waals surface area (Å²) in [6.45, 7) is 2.71. The van der Waals surface area contributed by atoms with Crippen molar-refractivity contribution in [2.75, 3.05) is 13.7 Å². The van der Waals surface area contributed by atoms with E-state index in [9.17, 15) is 0 Å². The third-order valence-electron chi connectivity index (χ3n) is 2.11. The van der Waals surface area contributed by atoms with Gasteiger partial charge in [0.05, 0.1) is 7.11 Å². The van der Waals surface area contributed by atoms with Crippen LogP contribution in [-0.4, -0.2) is 13.7 Å². The van der Waals surface area contributed by atoms with Crippen LogP contribution in [0.2, 0.25) is 0 Å². The van der Waals surface area contributed by atoms with Gasteiger partial charge >= 0.3 is 0 Å². The van der Waals surface area contributed by atoms with Gasteiger partial charge in [0.15, 0.2) is 0 Å². The number of hydrogen-bond donors (Lipinski definition) is 1. The van der Waals surface area contributed by atoms with Crippen molar-refractivity contribution in [2.45, 2.75) is 13.3 Å². The minimum absolute atomic E-state index is 0.659. The summed E-state index contributed by atoms with van der Waals surface area (Å²) in [5.41, 5.74) is 7.93. The highest BCUT2D eigenvalue weighted by atomic mass is 79.9. The van der Waals surface area contributed by atoms with Gasteiger partial charge in [-0.25, -0.2) is 0 Å². The summed E-state index contributed by atoms with van der Waals surface area (Å²) in [6.07, 6.45) is 0.879. The Morgan fingerprint density at radius 3 is 2.69 bits per heavy atom. The van der Waals surface area contributed by atoms with Crippen molar-refractivity contribution >= 4 is 15.9 Å². The van der Waals surface area contributed by atoms with Crippen molar-refractivity contribution < 1.29 is 4.74 Å². The summed E-state index contributed by atoms with van der Waals surface area (Å²) in [5, 5.41) is 0. The zero-order valence-corrected chi connectivity index (χ0v) is 9.52. The second kappa shape index (κ2) is 4.63. The molecular weight excluding hydrogens is 230 g/mol. The van der Waals surface area contributed by atoms with Crippen molar-refractivity contribution in [3.05, 3.63) is 27.7 Å². The van der Waals surface area contributed by atoms with E-state index < -0.39 is 0 Å². The third-order valence-corrected chi connectivity index (χ3v) is 2.85. The fraction of sp³-hybridized carbons (Fsp3) is 0.400. The summed E-state index contributed by atoms with van der Waals surface area (Å²) in [5.74, 6) is 0.923. The highest BCUT2D eigenvalue weighted by Crippen LogP contribution is 2.28. The maximum Gasteiger partial charge on any atom is 0.122 e. The number of benzene rings is 1. The molecule has 0 spiro atoms. The van der Waals surface area contributed by atoms with E-state index in [1.54, 1.807) is 7.11 Å². The monoisotopic (exact) mass is 243 g/mol. The quantitative estimate of drug-likeness (QED) is 0.885. The van der Waals surface area contributed by atoms with Crippen LogP contribution in [0.15, 0.2) is 16.6 Å². The molecule has 0 amide bonds. The van der Waals surface area contributed by atoms with Crippen molar-refractivity contribution in [2.24, 2.45) is 5.73 Å². The number of ether oxygens (including phenoxy) is 1. The Kier molecular flexibility index (Phi) is 3.75. The molecule has 0 aliphatic carbocycles. The molecule has 0 heterocycles. The maximum absolute atomic E-state index is 5.53. The lowest BCUT2D eigenvalue weighted by molar-refractivity contribution is 0.411. The predicted molar refractivity (Wildman–Crippen MR) is 58.2 cm³/mol. The second-order valence-electron chi connectivity index (χ2n) is 2.89. The molecule has 3 heteroatoms. The predicted octanol–water partition coefficient (Wildman–Crippen LogP) is 2.27. The molecule has 1 aromatic carbocycles. The van der Waals surface area contributed by atoms with E-state index in [4.69, 9.17) is 10.5 Å². The number of methoxy groups -OCH3 is 1. The molecule has 0 aliphatic rings. The van der Waals surface area contributed by atoms with Crippen LogP contribution >= 0.6 is 15.9 Å². The Morgan fingerprint density at radius 1 is 1.46 bits per heavy atom. The van der Waals surface area contributed by atoms with Crippen LogP contribution in [0, 0.1) is 6.92 Å². The number of rotatable bonds is 3. The minimum atomic E-state index is 0.659. The first-order valence-electron chi connectivity index (χ1n) is 4.22. The summed E-state index contributed by atoms with van der Waals surface area (Å²) in [7, 11) is 1.68. The standard InChI is InChI=1S/C10H14BrNO/c1-7-8(5-6-12)9(11)3-4-10(7)13-2/h3-4H,5-6,12H2,1-2H3. The van der Waals surface area contributed by atoms with Crippen LogP contribution in [0.5, 0.6) is 5.75 Å². The Labute approximate surface area is 87.2 Å². The zero-order chi connectivity index (χ0) is 9.84. The molecule has 0 aromatic heterocycles. The molecular formula is C10H14BrNO. The van der Waals surface area contributed by atoms with E-state index in [2.05, 4.69) is 22.9 Å². The molecule has 2 nitrogen and oxygen atoms in total. The molecule has 72 valence electrons. The van der Waals surface area contributed by atoms with Crippen molar-refractivity contribution in [1.29, 1.82) is 0 Å². The van der Waals surface area contributed by atoms with Gasteiger partial charge < -0.3 is 10.5 Å². The fourth-order valence-electron chi connectivity index (χ4n) is 1.37. The SMILES string of the molecule is COc1ccc(Br)c(CCN)c1C. The van der Waals surface area contributed by atoms with Gasteiger partial charge in [-0.3, -0.25) is 0 Å².